The van der Waals surface area contributed by atoms with Crippen molar-refractivity contribution < 1.29 is 4.79 Å². The van der Waals surface area contributed by atoms with E-state index in [-0.39, 0.29) is 5.91 Å². The van der Waals surface area contributed by atoms with Gasteiger partial charge in [-0.25, -0.2) is 0 Å². The number of nitrogens with zero attached hydrogens (tertiary/aromatic N) is 3. The predicted octanol–water partition coefficient (Wildman–Crippen LogP) is 0.443. The van der Waals surface area contributed by atoms with Gasteiger partial charge in [0.25, 0.3) is 0 Å². The van der Waals surface area contributed by atoms with Gasteiger partial charge in [0, 0.05) is 19.3 Å². The number of carbonyl (C=O) groups excluding carboxylic acids is 1. The summed E-state index contributed by atoms with van der Waals surface area (Å²) in [5.41, 5.74) is 10.8. The average Bonchev–Trinajstić information content (AvgIpc) is 2.71. The van der Waals surface area contributed by atoms with Crippen LogP contribution in [0.1, 0.15) is 26.2 Å². The number of aryl methyl sites for hydroxylation is 1. The molecule has 102 valence electrons. The third kappa shape index (κ3) is 5.67. The molecule has 1 aromatic heterocycles. The number of aromatic nitrogens is 2. The van der Waals surface area contributed by atoms with Crippen LogP contribution in [0.2, 0.25) is 0 Å². The first kappa shape index (κ1) is 14.5. The molecule has 0 saturated carbocycles. The Morgan fingerprint density at radius 3 is 2.72 bits per heavy atom. The summed E-state index contributed by atoms with van der Waals surface area (Å²) in [6.45, 7) is 5.04. The monoisotopic (exact) mass is 253 g/mol. The van der Waals surface area contributed by atoms with Crippen LogP contribution in [0.5, 0.6) is 0 Å². The van der Waals surface area contributed by atoms with Crippen LogP contribution in [-0.2, 0) is 11.3 Å². The molecule has 0 aromatic carbocycles. The van der Waals surface area contributed by atoms with Gasteiger partial charge in [0.05, 0.1) is 6.54 Å². The van der Waals surface area contributed by atoms with Gasteiger partial charge >= 0.3 is 0 Å². The van der Waals surface area contributed by atoms with Crippen molar-refractivity contribution in [3.63, 3.8) is 0 Å². The smallest absolute Gasteiger partial charge is 0.231 e. The van der Waals surface area contributed by atoms with E-state index in [4.69, 9.17) is 11.5 Å². The van der Waals surface area contributed by atoms with Crippen molar-refractivity contribution in [3.8, 4) is 0 Å². The first-order chi connectivity index (χ1) is 8.61. The molecule has 0 unspecified atom stereocenters. The Balaban J connectivity index is 2.29. The maximum atomic E-state index is 11.0. The van der Waals surface area contributed by atoms with Crippen molar-refractivity contribution in [1.29, 1.82) is 0 Å². The summed E-state index contributed by atoms with van der Waals surface area (Å²) in [7, 11) is 0. The minimum absolute atomic E-state index is 0.269. The topological polar surface area (TPSA) is 90.2 Å². The zero-order chi connectivity index (χ0) is 13.4. The molecule has 0 bridgehead atoms. The molecule has 1 aromatic rings. The number of carbonyl (C=O) groups is 1. The molecule has 6 heteroatoms. The van der Waals surface area contributed by atoms with E-state index >= 15 is 0 Å². The van der Waals surface area contributed by atoms with Crippen LogP contribution >= 0.6 is 0 Å². The Labute approximate surface area is 108 Å². The summed E-state index contributed by atoms with van der Waals surface area (Å²) in [4.78, 5) is 13.1. The minimum Gasteiger partial charge on any atom is -0.382 e. The number of amides is 1. The molecule has 6 nitrogen and oxygen atoms in total. The molecular formula is C12H23N5O. The highest BCUT2D eigenvalue weighted by molar-refractivity contribution is 5.75. The Morgan fingerprint density at radius 1 is 1.44 bits per heavy atom. The molecule has 18 heavy (non-hydrogen) atoms. The summed E-state index contributed by atoms with van der Waals surface area (Å²) in [6.07, 6.45) is 4.99. The first-order valence-electron chi connectivity index (χ1n) is 6.41. The molecular weight excluding hydrogens is 230 g/mol. The maximum absolute atomic E-state index is 11.0. The molecule has 0 saturated heterocycles. The summed E-state index contributed by atoms with van der Waals surface area (Å²) in [5.74, 6) is 0.268. The van der Waals surface area contributed by atoms with Crippen LogP contribution in [0, 0.1) is 0 Å². The van der Waals surface area contributed by atoms with Gasteiger partial charge < -0.3 is 11.5 Å². The fourth-order valence-electron chi connectivity index (χ4n) is 1.83. The van der Waals surface area contributed by atoms with Crippen molar-refractivity contribution in [3.05, 3.63) is 12.3 Å². The number of nitrogens with two attached hydrogens (primary N) is 2. The van der Waals surface area contributed by atoms with Gasteiger partial charge in [0.15, 0.2) is 0 Å². The summed E-state index contributed by atoms with van der Waals surface area (Å²) in [6, 6.07) is 1.78. The van der Waals surface area contributed by atoms with Gasteiger partial charge in [-0.15, -0.1) is 0 Å². The van der Waals surface area contributed by atoms with E-state index in [1.807, 2.05) is 10.9 Å². The zero-order valence-electron chi connectivity index (χ0n) is 11.0. The van der Waals surface area contributed by atoms with E-state index in [0.29, 0.717) is 12.4 Å². The minimum atomic E-state index is -0.269. The molecule has 0 spiro atoms. The number of hydrogen-bond acceptors (Lipinski definition) is 4. The largest absolute Gasteiger partial charge is 0.382 e. The Hall–Kier alpha value is -1.56. The first-order valence-corrected chi connectivity index (χ1v) is 6.41. The van der Waals surface area contributed by atoms with E-state index in [9.17, 15) is 4.79 Å². The molecule has 0 atom stereocenters. The van der Waals surface area contributed by atoms with Gasteiger partial charge in [-0.1, -0.05) is 13.3 Å². The predicted molar refractivity (Wildman–Crippen MR) is 71.8 cm³/mol. The Morgan fingerprint density at radius 2 is 2.17 bits per heavy atom. The van der Waals surface area contributed by atoms with Gasteiger partial charge in [0.2, 0.25) is 5.91 Å². The van der Waals surface area contributed by atoms with E-state index in [1.54, 1.807) is 6.07 Å². The summed E-state index contributed by atoms with van der Waals surface area (Å²) < 4.78 is 1.82. The van der Waals surface area contributed by atoms with E-state index in [0.717, 1.165) is 38.9 Å². The lowest BCUT2D eigenvalue weighted by molar-refractivity contribution is -0.119. The van der Waals surface area contributed by atoms with Crippen molar-refractivity contribution in [2.75, 3.05) is 25.4 Å². The van der Waals surface area contributed by atoms with Crippen molar-refractivity contribution in [2.24, 2.45) is 5.73 Å². The molecule has 1 amide bonds. The molecule has 4 N–H and O–H groups in total. The van der Waals surface area contributed by atoms with Crippen LogP contribution in [0.15, 0.2) is 12.3 Å². The van der Waals surface area contributed by atoms with E-state index in [1.165, 1.54) is 0 Å². The van der Waals surface area contributed by atoms with Crippen molar-refractivity contribution >= 4 is 11.7 Å². The number of rotatable bonds is 9. The average molecular weight is 253 g/mol. The van der Waals surface area contributed by atoms with Crippen LogP contribution < -0.4 is 11.5 Å². The maximum Gasteiger partial charge on any atom is 0.231 e. The van der Waals surface area contributed by atoms with Gasteiger partial charge in [0.1, 0.15) is 5.82 Å². The molecule has 1 heterocycles. The zero-order valence-corrected chi connectivity index (χ0v) is 11.0. The van der Waals surface area contributed by atoms with Crippen LogP contribution in [0.4, 0.5) is 5.82 Å². The SMILES string of the molecule is CCCCN(CCCn1ccc(N)n1)CC(N)=O. The lowest BCUT2D eigenvalue weighted by atomic mass is 10.3. The third-order valence-corrected chi connectivity index (χ3v) is 2.73. The molecule has 0 aliphatic rings. The van der Waals surface area contributed by atoms with Gasteiger partial charge in [-0.3, -0.25) is 14.4 Å². The second-order valence-electron chi connectivity index (χ2n) is 4.45. The molecule has 0 aliphatic heterocycles. The van der Waals surface area contributed by atoms with Gasteiger partial charge in [-0.05, 0) is 25.5 Å². The second-order valence-corrected chi connectivity index (χ2v) is 4.45. The fraction of sp³-hybridized carbons (Fsp3) is 0.667. The van der Waals surface area contributed by atoms with E-state index in [2.05, 4.69) is 16.9 Å². The highest BCUT2D eigenvalue weighted by Gasteiger charge is 2.07. The van der Waals surface area contributed by atoms with E-state index < -0.39 is 0 Å². The number of nitrogen functional groups attached to an aromatic ring is 1. The lowest BCUT2D eigenvalue weighted by Gasteiger charge is -2.20. The molecule has 0 fully saturated rings. The van der Waals surface area contributed by atoms with Gasteiger partial charge in [-0.2, -0.15) is 5.10 Å². The third-order valence-electron chi connectivity index (χ3n) is 2.73. The number of primary amides is 1. The molecule has 0 radical (unpaired) electrons. The van der Waals surface area contributed by atoms with Crippen molar-refractivity contribution in [1.82, 2.24) is 14.7 Å². The Kier molecular flexibility index (Phi) is 6.21. The highest BCUT2D eigenvalue weighted by atomic mass is 16.1. The number of unbranched alkanes of at least 4 members (excludes halogenated alkanes) is 1. The highest BCUT2D eigenvalue weighted by Crippen LogP contribution is 2.00. The summed E-state index contributed by atoms with van der Waals surface area (Å²) in [5, 5.41) is 4.11. The second kappa shape index (κ2) is 7.71. The standard InChI is InChI=1S/C12H23N5O/c1-2-3-6-16(10-12(14)18)7-4-8-17-9-5-11(13)15-17/h5,9H,2-4,6-8,10H2,1H3,(H2,13,15)(H2,14,18). The normalized spacial score (nSPS) is 11.0. The quantitative estimate of drug-likeness (QED) is 0.668. The number of hydrogen-bond donors (Lipinski definition) is 2. The molecule has 0 aliphatic carbocycles. The van der Waals surface area contributed by atoms with Crippen molar-refractivity contribution in [2.45, 2.75) is 32.7 Å². The van der Waals surface area contributed by atoms with Crippen LogP contribution in [-0.4, -0.2) is 40.2 Å². The lowest BCUT2D eigenvalue weighted by Crippen LogP contribution is -2.35. The van der Waals surface area contributed by atoms with Crippen LogP contribution in [0.25, 0.3) is 0 Å². The fourth-order valence-corrected chi connectivity index (χ4v) is 1.83. The van der Waals surface area contributed by atoms with Crippen LogP contribution in [0.3, 0.4) is 0 Å². The molecule has 1 rings (SSSR count). The number of anilines is 1. The Bertz CT molecular complexity index is 363. The summed E-state index contributed by atoms with van der Waals surface area (Å²) >= 11 is 0.